The van der Waals surface area contributed by atoms with Crippen LogP contribution in [-0.4, -0.2) is 35.6 Å². The lowest BCUT2D eigenvalue weighted by molar-refractivity contribution is -0.142. The minimum absolute atomic E-state index is 0.143. The minimum Gasteiger partial charge on any atom is -0.481 e. The fourth-order valence-corrected chi connectivity index (χ4v) is 2.69. The van der Waals surface area contributed by atoms with Gasteiger partial charge in [0.25, 0.3) is 0 Å². The van der Waals surface area contributed by atoms with Gasteiger partial charge in [-0.25, -0.2) is 0 Å². The van der Waals surface area contributed by atoms with E-state index in [9.17, 15) is 4.79 Å². The molecule has 0 aromatic carbocycles. The van der Waals surface area contributed by atoms with Crippen molar-refractivity contribution < 1.29 is 9.90 Å². The van der Waals surface area contributed by atoms with E-state index in [1.54, 1.807) is 0 Å². The van der Waals surface area contributed by atoms with Crippen LogP contribution in [0, 0.1) is 11.8 Å². The second-order valence-corrected chi connectivity index (χ2v) is 5.45. The molecule has 0 bridgehead atoms. The van der Waals surface area contributed by atoms with E-state index in [-0.39, 0.29) is 5.92 Å². The molecule has 1 aliphatic rings. The van der Waals surface area contributed by atoms with Gasteiger partial charge in [-0.1, -0.05) is 46.0 Å². The molecule has 1 heterocycles. The Morgan fingerprint density at radius 2 is 1.82 bits per heavy atom. The summed E-state index contributed by atoms with van der Waals surface area (Å²) in [5, 5.41) is 9.04. The van der Waals surface area contributed by atoms with Gasteiger partial charge in [-0.3, -0.25) is 4.79 Å². The summed E-state index contributed by atoms with van der Waals surface area (Å²) in [4.78, 5) is 13.3. The maximum absolute atomic E-state index is 11.0. The van der Waals surface area contributed by atoms with Crippen LogP contribution < -0.4 is 0 Å². The van der Waals surface area contributed by atoms with Gasteiger partial charge < -0.3 is 10.0 Å². The number of nitrogens with zero attached hydrogens (tertiary/aromatic N) is 1. The zero-order chi connectivity index (χ0) is 12.7. The van der Waals surface area contributed by atoms with Crippen molar-refractivity contribution in [2.24, 2.45) is 11.8 Å². The predicted octanol–water partition coefficient (Wildman–Crippen LogP) is 3.00. The minimum atomic E-state index is -0.622. The van der Waals surface area contributed by atoms with E-state index >= 15 is 0 Å². The first-order valence-corrected chi connectivity index (χ1v) is 7.10. The number of likely N-dealkylation sites (tertiary alicyclic amines) is 1. The molecule has 0 aliphatic carbocycles. The summed E-state index contributed by atoms with van der Waals surface area (Å²) in [5.74, 6) is -0.453. The Labute approximate surface area is 105 Å². The van der Waals surface area contributed by atoms with Crippen LogP contribution in [0.25, 0.3) is 0 Å². The van der Waals surface area contributed by atoms with Crippen molar-refractivity contribution in [3.8, 4) is 0 Å². The van der Waals surface area contributed by atoms with E-state index in [0.29, 0.717) is 5.92 Å². The average molecular weight is 241 g/mol. The topological polar surface area (TPSA) is 40.5 Å². The highest BCUT2D eigenvalue weighted by molar-refractivity contribution is 5.71. The number of rotatable bonds is 8. The number of hydrogen-bond donors (Lipinski definition) is 1. The van der Waals surface area contributed by atoms with Gasteiger partial charge in [0.2, 0.25) is 0 Å². The van der Waals surface area contributed by atoms with Crippen LogP contribution in [0.4, 0.5) is 0 Å². The molecule has 1 fully saturated rings. The molecule has 0 aromatic rings. The van der Waals surface area contributed by atoms with E-state index in [1.165, 1.54) is 38.5 Å². The third-order valence-electron chi connectivity index (χ3n) is 3.83. The molecule has 0 saturated carbocycles. The van der Waals surface area contributed by atoms with E-state index in [2.05, 4.69) is 18.7 Å². The molecule has 17 heavy (non-hydrogen) atoms. The average Bonchev–Trinajstić information content (AvgIpc) is 2.65. The Balaban J connectivity index is 2.07. The first kappa shape index (κ1) is 14.5. The van der Waals surface area contributed by atoms with Gasteiger partial charge in [0.15, 0.2) is 0 Å². The Morgan fingerprint density at radius 1 is 1.18 bits per heavy atom. The molecular formula is C14H27NO2. The summed E-state index contributed by atoms with van der Waals surface area (Å²) in [5.41, 5.74) is 0. The monoisotopic (exact) mass is 241 g/mol. The second-order valence-electron chi connectivity index (χ2n) is 5.45. The molecule has 0 radical (unpaired) electrons. The zero-order valence-corrected chi connectivity index (χ0v) is 11.3. The van der Waals surface area contributed by atoms with Crippen LogP contribution >= 0.6 is 0 Å². The summed E-state index contributed by atoms with van der Waals surface area (Å²) in [7, 11) is 0. The standard InChI is InChI=1S/C14H27NO2/c1-3-4-5-6-7-8-9-15-10-12(2)13(11-15)14(16)17/h12-13H,3-11H2,1-2H3,(H,16,17). The van der Waals surface area contributed by atoms with Gasteiger partial charge in [-0.2, -0.15) is 0 Å². The van der Waals surface area contributed by atoms with E-state index in [1.807, 2.05) is 0 Å². The van der Waals surface area contributed by atoms with Gasteiger partial charge in [0, 0.05) is 13.1 Å². The highest BCUT2D eigenvalue weighted by atomic mass is 16.4. The predicted molar refractivity (Wildman–Crippen MR) is 70.1 cm³/mol. The first-order valence-electron chi connectivity index (χ1n) is 7.10. The fraction of sp³-hybridized carbons (Fsp3) is 0.929. The molecule has 1 rings (SSSR count). The molecule has 2 atom stereocenters. The normalized spacial score (nSPS) is 25.3. The number of aliphatic carboxylic acids is 1. The van der Waals surface area contributed by atoms with Gasteiger partial charge in [0.1, 0.15) is 0 Å². The molecular weight excluding hydrogens is 214 g/mol. The Morgan fingerprint density at radius 3 is 2.41 bits per heavy atom. The first-order chi connectivity index (χ1) is 8.15. The maximum Gasteiger partial charge on any atom is 0.308 e. The van der Waals surface area contributed by atoms with Crippen molar-refractivity contribution in [2.75, 3.05) is 19.6 Å². The summed E-state index contributed by atoms with van der Waals surface area (Å²) in [6.45, 7) is 7.09. The lowest BCUT2D eigenvalue weighted by Gasteiger charge is -2.14. The summed E-state index contributed by atoms with van der Waals surface area (Å²) < 4.78 is 0. The Hall–Kier alpha value is -0.570. The fourth-order valence-electron chi connectivity index (χ4n) is 2.69. The van der Waals surface area contributed by atoms with E-state index < -0.39 is 5.97 Å². The Bertz CT molecular complexity index is 230. The van der Waals surface area contributed by atoms with Crippen LogP contribution in [0.2, 0.25) is 0 Å². The number of carboxylic acid groups (broad SMARTS) is 1. The maximum atomic E-state index is 11.0. The van der Waals surface area contributed by atoms with Crippen LogP contribution in [0.5, 0.6) is 0 Å². The van der Waals surface area contributed by atoms with Crippen molar-refractivity contribution in [3.05, 3.63) is 0 Å². The number of carboxylic acids is 1. The number of unbranched alkanes of at least 4 members (excludes halogenated alkanes) is 5. The Kier molecular flexibility index (Phi) is 6.56. The molecule has 0 spiro atoms. The third-order valence-corrected chi connectivity index (χ3v) is 3.83. The number of carbonyl (C=O) groups is 1. The highest BCUT2D eigenvalue weighted by Crippen LogP contribution is 2.23. The summed E-state index contributed by atoms with van der Waals surface area (Å²) in [6, 6.07) is 0. The molecule has 1 aliphatic heterocycles. The molecule has 1 saturated heterocycles. The van der Waals surface area contributed by atoms with E-state index in [0.717, 1.165) is 19.6 Å². The molecule has 1 N–H and O–H groups in total. The van der Waals surface area contributed by atoms with E-state index in [4.69, 9.17) is 5.11 Å². The molecule has 0 aromatic heterocycles. The molecule has 100 valence electrons. The van der Waals surface area contributed by atoms with Crippen LogP contribution in [0.3, 0.4) is 0 Å². The number of hydrogen-bond acceptors (Lipinski definition) is 2. The van der Waals surface area contributed by atoms with Gasteiger partial charge in [-0.15, -0.1) is 0 Å². The summed E-state index contributed by atoms with van der Waals surface area (Å²) in [6.07, 6.45) is 7.85. The molecule has 0 amide bonds. The quantitative estimate of drug-likeness (QED) is 0.664. The van der Waals surface area contributed by atoms with Crippen molar-refractivity contribution in [1.29, 1.82) is 0 Å². The van der Waals surface area contributed by atoms with Gasteiger partial charge >= 0.3 is 5.97 Å². The lowest BCUT2D eigenvalue weighted by atomic mass is 9.99. The van der Waals surface area contributed by atoms with Crippen molar-refractivity contribution in [1.82, 2.24) is 4.90 Å². The second kappa shape index (κ2) is 7.70. The highest BCUT2D eigenvalue weighted by Gasteiger charge is 2.33. The largest absolute Gasteiger partial charge is 0.481 e. The lowest BCUT2D eigenvalue weighted by Crippen LogP contribution is -2.24. The van der Waals surface area contributed by atoms with Crippen molar-refractivity contribution >= 4 is 5.97 Å². The molecule has 3 heteroatoms. The molecule has 2 unspecified atom stereocenters. The summed E-state index contributed by atoms with van der Waals surface area (Å²) >= 11 is 0. The smallest absolute Gasteiger partial charge is 0.308 e. The SMILES string of the molecule is CCCCCCCCN1CC(C)C(C(=O)O)C1. The zero-order valence-electron chi connectivity index (χ0n) is 11.3. The van der Waals surface area contributed by atoms with Crippen LogP contribution in [-0.2, 0) is 4.79 Å². The third kappa shape index (κ3) is 5.07. The van der Waals surface area contributed by atoms with Crippen LogP contribution in [0.15, 0.2) is 0 Å². The van der Waals surface area contributed by atoms with Crippen molar-refractivity contribution in [3.63, 3.8) is 0 Å². The van der Waals surface area contributed by atoms with Gasteiger partial charge in [-0.05, 0) is 18.9 Å². The molecule has 3 nitrogen and oxygen atoms in total. The van der Waals surface area contributed by atoms with Crippen LogP contribution in [0.1, 0.15) is 52.4 Å². The van der Waals surface area contributed by atoms with Crippen molar-refractivity contribution in [2.45, 2.75) is 52.4 Å². The van der Waals surface area contributed by atoms with Gasteiger partial charge in [0.05, 0.1) is 5.92 Å².